The van der Waals surface area contributed by atoms with Gasteiger partial charge in [-0.1, -0.05) is 15.9 Å². The molecule has 0 atom stereocenters. The molecule has 2 rings (SSSR count). The quantitative estimate of drug-likeness (QED) is 0.749. The van der Waals surface area contributed by atoms with E-state index in [1.165, 1.54) is 18.2 Å². The number of nitrogens with one attached hydrogen (secondary N) is 1. The molecule has 0 aromatic heterocycles. The maximum absolute atomic E-state index is 13.7. The highest BCUT2D eigenvalue weighted by Gasteiger charge is 2.14. The molecule has 104 valence electrons. The molecular weight excluding hydrogens is 341 g/mol. The lowest BCUT2D eigenvalue weighted by Crippen LogP contribution is -2.15. The molecule has 0 spiro atoms. The van der Waals surface area contributed by atoms with Crippen LogP contribution in [0, 0.1) is 19.7 Å². The molecule has 5 heteroatoms. The van der Waals surface area contributed by atoms with E-state index in [9.17, 15) is 9.18 Å². The molecule has 0 aliphatic rings. The van der Waals surface area contributed by atoms with Crippen LogP contribution in [0.15, 0.2) is 39.7 Å². The molecule has 20 heavy (non-hydrogen) atoms. The van der Waals surface area contributed by atoms with Crippen LogP contribution >= 0.6 is 28.6 Å². The molecule has 0 saturated carbocycles. The summed E-state index contributed by atoms with van der Waals surface area (Å²) in [6.07, 6.45) is 0. The van der Waals surface area contributed by atoms with E-state index >= 15 is 0 Å². The number of amides is 1. The van der Waals surface area contributed by atoms with Crippen molar-refractivity contribution in [3.8, 4) is 0 Å². The number of anilines is 1. The second-order valence-corrected chi connectivity index (χ2v) is 5.96. The van der Waals surface area contributed by atoms with E-state index < -0.39 is 11.7 Å². The Kier molecular flexibility index (Phi) is 4.50. The molecule has 0 radical (unpaired) electrons. The van der Waals surface area contributed by atoms with Crippen molar-refractivity contribution in [2.45, 2.75) is 18.7 Å². The molecule has 0 aliphatic heterocycles. The Labute approximate surface area is 130 Å². The first kappa shape index (κ1) is 15.1. The van der Waals surface area contributed by atoms with E-state index in [0.29, 0.717) is 10.6 Å². The number of thiol groups is 1. The van der Waals surface area contributed by atoms with Crippen molar-refractivity contribution in [1.82, 2.24) is 0 Å². The van der Waals surface area contributed by atoms with Gasteiger partial charge in [-0.2, -0.15) is 0 Å². The number of hydrogen-bond acceptors (Lipinski definition) is 2. The summed E-state index contributed by atoms with van der Waals surface area (Å²) in [5.41, 5.74) is 2.50. The number of carbonyl (C=O) groups is 1. The van der Waals surface area contributed by atoms with Gasteiger partial charge in [0.1, 0.15) is 5.82 Å². The molecule has 0 saturated heterocycles. The molecular formula is C15H13BrFNOS. The highest BCUT2D eigenvalue weighted by Crippen LogP contribution is 2.26. The van der Waals surface area contributed by atoms with Crippen LogP contribution < -0.4 is 5.32 Å². The summed E-state index contributed by atoms with van der Waals surface area (Å²) in [6, 6.07) is 7.95. The third kappa shape index (κ3) is 3.22. The van der Waals surface area contributed by atoms with Gasteiger partial charge in [0, 0.05) is 15.1 Å². The number of hydrogen-bond donors (Lipinski definition) is 2. The minimum atomic E-state index is -0.562. The van der Waals surface area contributed by atoms with E-state index in [1.54, 1.807) is 0 Å². The number of halogens is 2. The van der Waals surface area contributed by atoms with Gasteiger partial charge in [0.2, 0.25) is 0 Å². The van der Waals surface area contributed by atoms with E-state index in [0.717, 1.165) is 15.6 Å². The minimum Gasteiger partial charge on any atom is -0.321 e. The van der Waals surface area contributed by atoms with Gasteiger partial charge in [0.25, 0.3) is 5.91 Å². The van der Waals surface area contributed by atoms with Crippen LogP contribution in [0.2, 0.25) is 0 Å². The normalized spacial score (nSPS) is 10.4. The summed E-state index contributed by atoms with van der Waals surface area (Å²) >= 11 is 7.52. The molecule has 1 N–H and O–H groups in total. The molecule has 2 nitrogen and oxygen atoms in total. The van der Waals surface area contributed by atoms with E-state index in [4.69, 9.17) is 0 Å². The van der Waals surface area contributed by atoms with Crippen LogP contribution in [-0.2, 0) is 0 Å². The van der Waals surface area contributed by atoms with Crippen molar-refractivity contribution >= 4 is 40.2 Å². The van der Waals surface area contributed by atoms with Crippen LogP contribution in [0.1, 0.15) is 21.5 Å². The molecule has 0 fully saturated rings. The number of aryl methyl sites for hydroxylation is 2. The lowest BCUT2D eigenvalue weighted by atomic mass is 10.1. The molecule has 2 aromatic rings. The Bertz CT molecular complexity index is 665. The Morgan fingerprint density at radius 1 is 1.20 bits per heavy atom. The van der Waals surface area contributed by atoms with Crippen molar-refractivity contribution in [2.75, 3.05) is 5.32 Å². The zero-order chi connectivity index (χ0) is 14.9. The van der Waals surface area contributed by atoms with E-state index in [2.05, 4.69) is 33.9 Å². The van der Waals surface area contributed by atoms with Gasteiger partial charge < -0.3 is 5.32 Å². The molecule has 0 bridgehead atoms. The van der Waals surface area contributed by atoms with Crippen molar-refractivity contribution in [1.29, 1.82) is 0 Å². The Hall–Kier alpha value is -1.33. The molecule has 0 unspecified atom stereocenters. The van der Waals surface area contributed by atoms with Crippen molar-refractivity contribution < 1.29 is 9.18 Å². The Morgan fingerprint density at radius 3 is 2.40 bits per heavy atom. The molecule has 1 amide bonds. The zero-order valence-corrected chi connectivity index (χ0v) is 13.5. The summed E-state index contributed by atoms with van der Waals surface area (Å²) in [4.78, 5) is 12.7. The van der Waals surface area contributed by atoms with Gasteiger partial charge >= 0.3 is 0 Å². The summed E-state index contributed by atoms with van der Waals surface area (Å²) in [7, 11) is 0. The first-order chi connectivity index (χ1) is 9.38. The van der Waals surface area contributed by atoms with Crippen LogP contribution in [0.25, 0.3) is 0 Å². The lowest BCUT2D eigenvalue weighted by molar-refractivity contribution is 0.102. The number of benzene rings is 2. The summed E-state index contributed by atoms with van der Waals surface area (Å²) in [5.74, 6) is -1.04. The fraction of sp³-hybridized carbons (Fsp3) is 0.133. The third-order valence-electron chi connectivity index (χ3n) is 2.93. The average molecular weight is 354 g/mol. The predicted octanol–water partition coefficient (Wildman–Crippen LogP) is 4.75. The SMILES string of the molecule is Cc1cc(Br)cc(C)c1NC(=O)c1cc(S)ccc1F. The monoisotopic (exact) mass is 353 g/mol. The Morgan fingerprint density at radius 2 is 1.80 bits per heavy atom. The lowest BCUT2D eigenvalue weighted by Gasteiger charge is -2.13. The fourth-order valence-corrected chi connectivity index (χ4v) is 2.87. The minimum absolute atomic E-state index is 0.0146. The topological polar surface area (TPSA) is 29.1 Å². The third-order valence-corrected chi connectivity index (χ3v) is 3.67. The van der Waals surface area contributed by atoms with Gasteiger partial charge in [-0.25, -0.2) is 4.39 Å². The molecule has 2 aromatic carbocycles. The van der Waals surface area contributed by atoms with Crippen LogP contribution in [0.3, 0.4) is 0 Å². The predicted molar refractivity (Wildman–Crippen MR) is 85.2 cm³/mol. The van der Waals surface area contributed by atoms with Crippen molar-refractivity contribution in [2.24, 2.45) is 0 Å². The van der Waals surface area contributed by atoms with Gasteiger partial charge in [-0.15, -0.1) is 12.6 Å². The van der Waals surface area contributed by atoms with Gasteiger partial charge in [0.15, 0.2) is 0 Å². The maximum Gasteiger partial charge on any atom is 0.258 e. The molecule has 0 aliphatic carbocycles. The van der Waals surface area contributed by atoms with E-state index in [-0.39, 0.29) is 5.56 Å². The number of rotatable bonds is 2. The summed E-state index contributed by atoms with van der Waals surface area (Å²) in [5, 5.41) is 2.76. The summed E-state index contributed by atoms with van der Waals surface area (Å²) < 4.78 is 14.6. The average Bonchev–Trinajstić information content (AvgIpc) is 2.36. The smallest absolute Gasteiger partial charge is 0.258 e. The Balaban J connectivity index is 2.35. The highest BCUT2D eigenvalue weighted by molar-refractivity contribution is 9.10. The standard InChI is InChI=1S/C15H13BrFNOS/c1-8-5-10(16)6-9(2)14(8)18-15(19)12-7-11(20)3-4-13(12)17/h3-7,20H,1-2H3,(H,18,19). The van der Waals surface area contributed by atoms with Gasteiger partial charge in [-0.3, -0.25) is 4.79 Å². The second-order valence-electron chi connectivity index (χ2n) is 4.53. The number of carbonyl (C=O) groups excluding carboxylic acids is 1. The molecule has 0 heterocycles. The summed E-state index contributed by atoms with van der Waals surface area (Å²) in [6.45, 7) is 3.78. The van der Waals surface area contributed by atoms with Crippen molar-refractivity contribution in [3.05, 3.63) is 57.3 Å². The van der Waals surface area contributed by atoms with Crippen LogP contribution in [-0.4, -0.2) is 5.91 Å². The van der Waals surface area contributed by atoms with Crippen LogP contribution in [0.4, 0.5) is 10.1 Å². The maximum atomic E-state index is 13.7. The second kappa shape index (κ2) is 5.97. The van der Waals surface area contributed by atoms with Crippen LogP contribution in [0.5, 0.6) is 0 Å². The zero-order valence-electron chi connectivity index (χ0n) is 11.0. The van der Waals surface area contributed by atoms with Gasteiger partial charge in [-0.05, 0) is 55.3 Å². The first-order valence-electron chi connectivity index (χ1n) is 5.95. The van der Waals surface area contributed by atoms with Crippen molar-refractivity contribution in [3.63, 3.8) is 0 Å². The first-order valence-corrected chi connectivity index (χ1v) is 7.19. The van der Waals surface area contributed by atoms with E-state index in [1.807, 2.05) is 26.0 Å². The van der Waals surface area contributed by atoms with Gasteiger partial charge in [0.05, 0.1) is 5.56 Å². The highest BCUT2D eigenvalue weighted by atomic mass is 79.9. The largest absolute Gasteiger partial charge is 0.321 e. The fourth-order valence-electron chi connectivity index (χ4n) is 1.98.